The topological polar surface area (TPSA) is 204 Å². The Morgan fingerprint density at radius 3 is 2.06 bits per heavy atom. The van der Waals surface area contributed by atoms with E-state index in [2.05, 4.69) is 30.5 Å². The van der Waals surface area contributed by atoms with Crippen molar-refractivity contribution in [1.82, 2.24) is 15.0 Å². The van der Waals surface area contributed by atoms with Gasteiger partial charge in [-0.05, 0) is 58.9 Å². The van der Waals surface area contributed by atoms with Crippen LogP contribution in [-0.2, 0) is 20.2 Å². The molecule has 1 heterocycles. The lowest BCUT2D eigenvalue weighted by Gasteiger charge is -2.15. The lowest BCUT2D eigenvalue weighted by molar-refractivity contribution is 0.472. The van der Waals surface area contributed by atoms with Crippen molar-refractivity contribution in [3.05, 3.63) is 59.1 Å². The highest BCUT2D eigenvalue weighted by molar-refractivity contribution is 7.86. The highest BCUT2D eigenvalue weighted by Crippen LogP contribution is 2.45. The Bertz CT molecular complexity index is 1730. The van der Waals surface area contributed by atoms with E-state index in [0.29, 0.717) is 5.69 Å². The average molecular weight is 571 g/mol. The minimum Gasteiger partial charge on any atom is -0.505 e. The van der Waals surface area contributed by atoms with Gasteiger partial charge in [0.2, 0.25) is 16.5 Å². The van der Waals surface area contributed by atoms with E-state index in [1.807, 2.05) is 0 Å². The molecule has 36 heavy (non-hydrogen) atoms. The van der Waals surface area contributed by atoms with Crippen LogP contribution < -0.4 is 5.32 Å². The summed E-state index contributed by atoms with van der Waals surface area (Å²) in [6.45, 7) is 0. The van der Waals surface area contributed by atoms with E-state index >= 15 is 0 Å². The number of nitrogens with one attached hydrogen (secondary N) is 1. The lowest BCUT2D eigenvalue weighted by Crippen LogP contribution is -2.05. The van der Waals surface area contributed by atoms with Crippen molar-refractivity contribution >= 4 is 77.2 Å². The van der Waals surface area contributed by atoms with Crippen molar-refractivity contribution in [3.8, 4) is 5.75 Å². The number of azo groups is 1. The third-order valence-electron chi connectivity index (χ3n) is 4.55. The van der Waals surface area contributed by atoms with E-state index in [-0.39, 0.29) is 33.0 Å². The van der Waals surface area contributed by atoms with Gasteiger partial charge in [0.05, 0.1) is 16.3 Å². The predicted molar refractivity (Wildman–Crippen MR) is 129 cm³/mol. The molecule has 0 amide bonds. The minimum atomic E-state index is -5.00. The van der Waals surface area contributed by atoms with Crippen LogP contribution in [0.1, 0.15) is 0 Å². The number of aromatic hydroxyl groups is 1. The van der Waals surface area contributed by atoms with Crippen LogP contribution in [0.15, 0.2) is 68.6 Å². The van der Waals surface area contributed by atoms with E-state index < -0.39 is 41.5 Å². The van der Waals surface area contributed by atoms with Gasteiger partial charge in [0.15, 0.2) is 5.75 Å². The number of fused-ring (bicyclic) bond motifs is 1. The van der Waals surface area contributed by atoms with Crippen molar-refractivity contribution < 1.29 is 31.0 Å². The number of hydrogen-bond donors (Lipinski definition) is 4. The van der Waals surface area contributed by atoms with Gasteiger partial charge in [0.25, 0.3) is 20.2 Å². The fraction of sp³-hybridized carbons (Fsp3) is 0. The van der Waals surface area contributed by atoms with Crippen molar-refractivity contribution in [2.75, 3.05) is 5.32 Å². The molecule has 0 unspecified atom stereocenters. The van der Waals surface area contributed by atoms with Gasteiger partial charge >= 0.3 is 0 Å². The summed E-state index contributed by atoms with van der Waals surface area (Å²) in [7, 11) is -9.82. The number of phenolic OH excluding ortho intramolecular Hbond substituents is 1. The molecule has 0 aliphatic heterocycles. The summed E-state index contributed by atoms with van der Waals surface area (Å²) in [5.41, 5.74) is -0.579. The first-order valence-corrected chi connectivity index (χ1v) is 13.1. The van der Waals surface area contributed by atoms with Crippen LogP contribution in [0.2, 0.25) is 10.6 Å². The zero-order valence-electron chi connectivity index (χ0n) is 17.4. The largest absolute Gasteiger partial charge is 0.505 e. The summed E-state index contributed by atoms with van der Waals surface area (Å²) in [6.07, 6.45) is 0. The SMILES string of the molecule is O=S(=O)(O)c1cc(Nc2nc(Cl)nc(Cl)n2)c2c(O)c(N=Nc3ccccc3)c(S(=O)(=O)O)cc2c1. The smallest absolute Gasteiger partial charge is 0.296 e. The van der Waals surface area contributed by atoms with E-state index in [9.17, 15) is 31.0 Å². The Morgan fingerprint density at radius 1 is 0.833 bits per heavy atom. The van der Waals surface area contributed by atoms with E-state index in [1.165, 1.54) is 0 Å². The Labute approximate surface area is 213 Å². The molecule has 0 fully saturated rings. The molecular weight excluding hydrogens is 559 g/mol. The van der Waals surface area contributed by atoms with Gasteiger partial charge in [0, 0.05) is 5.39 Å². The number of hydrogen-bond acceptors (Lipinski definition) is 11. The molecule has 4 N–H and O–H groups in total. The van der Waals surface area contributed by atoms with Crippen LogP contribution in [0, 0.1) is 0 Å². The number of nitrogens with zero attached hydrogens (tertiary/aromatic N) is 5. The number of benzene rings is 3. The highest BCUT2D eigenvalue weighted by atomic mass is 35.5. The number of halogens is 2. The Kier molecular flexibility index (Phi) is 6.78. The molecule has 3 aromatic carbocycles. The number of rotatable bonds is 6. The first-order chi connectivity index (χ1) is 16.8. The van der Waals surface area contributed by atoms with Gasteiger partial charge in [-0.2, -0.15) is 36.9 Å². The summed E-state index contributed by atoms with van der Waals surface area (Å²) in [6, 6.07) is 10.7. The van der Waals surface area contributed by atoms with Crippen LogP contribution >= 0.6 is 23.2 Å². The van der Waals surface area contributed by atoms with Crippen LogP contribution in [0.4, 0.5) is 23.0 Å². The van der Waals surface area contributed by atoms with Crippen LogP contribution in [-0.4, -0.2) is 46.0 Å². The fourth-order valence-corrected chi connectivity index (χ4v) is 4.67. The van der Waals surface area contributed by atoms with Crippen LogP contribution in [0.25, 0.3) is 10.8 Å². The molecule has 4 rings (SSSR count). The molecule has 4 aromatic rings. The Balaban J connectivity index is 2.05. The summed E-state index contributed by atoms with van der Waals surface area (Å²) in [4.78, 5) is 9.59. The Morgan fingerprint density at radius 2 is 1.47 bits per heavy atom. The van der Waals surface area contributed by atoms with E-state index in [4.69, 9.17) is 23.2 Å². The minimum absolute atomic E-state index is 0.190. The maximum absolute atomic E-state index is 12.1. The number of aromatic nitrogens is 3. The molecule has 0 aliphatic rings. The molecule has 0 atom stereocenters. The third-order valence-corrected chi connectivity index (χ3v) is 6.58. The second-order valence-electron chi connectivity index (χ2n) is 6.95. The molecule has 17 heteroatoms. The van der Waals surface area contributed by atoms with Crippen molar-refractivity contribution in [2.24, 2.45) is 10.2 Å². The van der Waals surface area contributed by atoms with Gasteiger partial charge < -0.3 is 10.4 Å². The van der Waals surface area contributed by atoms with Crippen LogP contribution in [0.5, 0.6) is 5.75 Å². The van der Waals surface area contributed by atoms with Gasteiger partial charge in [-0.1, -0.05) is 18.2 Å². The monoisotopic (exact) mass is 570 g/mol. The van der Waals surface area contributed by atoms with Gasteiger partial charge in [0.1, 0.15) is 10.6 Å². The van der Waals surface area contributed by atoms with Gasteiger partial charge in [-0.15, -0.1) is 5.11 Å². The molecule has 0 bridgehead atoms. The average Bonchev–Trinajstić information content (AvgIpc) is 2.76. The molecule has 1 aromatic heterocycles. The molecular formula is C19H12Cl2N6O7S2. The molecule has 0 radical (unpaired) electrons. The fourth-order valence-electron chi connectivity index (χ4n) is 3.11. The zero-order chi connectivity index (χ0) is 26.3. The van der Waals surface area contributed by atoms with Crippen molar-refractivity contribution in [2.45, 2.75) is 9.79 Å². The first kappa shape index (κ1) is 25.6. The second-order valence-corrected chi connectivity index (χ2v) is 10.4. The summed E-state index contributed by atoms with van der Waals surface area (Å²) in [5.74, 6) is -1.09. The first-order valence-electron chi connectivity index (χ1n) is 9.42. The summed E-state index contributed by atoms with van der Waals surface area (Å²) < 4.78 is 67.3. The number of phenols is 1. The standard InChI is InChI=1S/C19H12Cl2N6O7S2/c20-17-23-18(21)25-19(24-17)22-12-8-11(35(29,30)31)6-9-7-13(36(32,33)34)15(16(28)14(9)12)27-26-10-4-2-1-3-5-10/h1-8,28H,(H,29,30,31)(H,32,33,34)(H,22,23,24,25). The zero-order valence-corrected chi connectivity index (χ0v) is 20.5. The molecule has 0 aliphatic carbocycles. The molecule has 0 spiro atoms. The molecule has 13 nitrogen and oxygen atoms in total. The maximum atomic E-state index is 12.1. The molecule has 0 saturated heterocycles. The highest BCUT2D eigenvalue weighted by Gasteiger charge is 2.25. The normalized spacial score (nSPS) is 12.3. The summed E-state index contributed by atoms with van der Waals surface area (Å²) in [5, 5.41) is 20.3. The maximum Gasteiger partial charge on any atom is 0.296 e. The van der Waals surface area contributed by atoms with E-state index in [1.54, 1.807) is 30.3 Å². The number of anilines is 2. The lowest BCUT2D eigenvalue weighted by atomic mass is 10.1. The quantitative estimate of drug-likeness (QED) is 0.185. The summed E-state index contributed by atoms with van der Waals surface area (Å²) >= 11 is 11.5. The third kappa shape index (κ3) is 5.51. The molecule has 0 saturated carbocycles. The van der Waals surface area contributed by atoms with Gasteiger partial charge in [-0.3, -0.25) is 9.11 Å². The molecule has 186 valence electrons. The van der Waals surface area contributed by atoms with Crippen molar-refractivity contribution in [3.63, 3.8) is 0 Å². The predicted octanol–water partition coefficient (Wildman–Crippen LogP) is 4.69. The van der Waals surface area contributed by atoms with Gasteiger partial charge in [-0.25, -0.2) is 0 Å². The Hall–Kier alpha value is -3.47. The van der Waals surface area contributed by atoms with Crippen LogP contribution in [0.3, 0.4) is 0 Å². The second kappa shape index (κ2) is 9.53. The van der Waals surface area contributed by atoms with E-state index in [0.717, 1.165) is 18.2 Å². The van der Waals surface area contributed by atoms with Crippen molar-refractivity contribution in [1.29, 1.82) is 0 Å².